The van der Waals surface area contributed by atoms with Gasteiger partial charge in [0.05, 0.1) is 13.2 Å². The van der Waals surface area contributed by atoms with E-state index in [-0.39, 0.29) is 12.1 Å². The molecule has 0 aromatic heterocycles. The third-order valence-electron chi connectivity index (χ3n) is 2.20. The first kappa shape index (κ1) is 13.2. The highest BCUT2D eigenvalue weighted by atomic mass is 16.7. The number of esters is 1. The molecule has 0 N–H and O–H groups in total. The molecule has 16 heavy (non-hydrogen) atoms. The van der Waals surface area contributed by atoms with Gasteiger partial charge in [-0.05, 0) is 27.2 Å². The Morgan fingerprint density at radius 1 is 1.56 bits per heavy atom. The van der Waals surface area contributed by atoms with Gasteiger partial charge in [0.15, 0.2) is 5.79 Å². The standard InChI is InChI=1S/C12H20O4/c1-4-14-11(13)8-6-5-7-10-9-15-12(2,3)16-10/h5,7,10H,4,6,8-9H2,1-3H3/t10-/m0/s1. The molecule has 1 saturated heterocycles. The lowest BCUT2D eigenvalue weighted by Gasteiger charge is -2.15. The molecular formula is C12H20O4. The van der Waals surface area contributed by atoms with Crippen LogP contribution in [0.4, 0.5) is 0 Å². The van der Waals surface area contributed by atoms with Gasteiger partial charge in [-0.3, -0.25) is 4.79 Å². The summed E-state index contributed by atoms with van der Waals surface area (Å²) in [6.07, 6.45) is 4.97. The lowest BCUT2D eigenvalue weighted by Crippen LogP contribution is -2.20. The quantitative estimate of drug-likeness (QED) is 0.533. The van der Waals surface area contributed by atoms with Crippen LogP contribution in [0.1, 0.15) is 33.6 Å². The molecule has 1 heterocycles. The fourth-order valence-corrected chi connectivity index (χ4v) is 1.49. The van der Waals surface area contributed by atoms with Crippen LogP contribution in [0.3, 0.4) is 0 Å². The number of rotatable bonds is 5. The van der Waals surface area contributed by atoms with E-state index in [9.17, 15) is 4.79 Å². The van der Waals surface area contributed by atoms with Gasteiger partial charge in [0, 0.05) is 6.42 Å². The van der Waals surface area contributed by atoms with Crippen molar-refractivity contribution in [3.05, 3.63) is 12.2 Å². The van der Waals surface area contributed by atoms with Gasteiger partial charge in [-0.2, -0.15) is 0 Å². The van der Waals surface area contributed by atoms with Crippen molar-refractivity contribution in [3.8, 4) is 0 Å². The first-order chi connectivity index (χ1) is 7.53. The van der Waals surface area contributed by atoms with Crippen LogP contribution in [-0.4, -0.2) is 31.1 Å². The summed E-state index contributed by atoms with van der Waals surface area (Å²) < 4.78 is 15.8. The second-order valence-electron chi connectivity index (χ2n) is 4.14. The van der Waals surface area contributed by atoms with Gasteiger partial charge in [0.1, 0.15) is 6.10 Å². The predicted octanol–water partition coefficient (Wildman–Crippen LogP) is 2.04. The van der Waals surface area contributed by atoms with E-state index in [0.717, 1.165) is 0 Å². The van der Waals surface area contributed by atoms with Crippen molar-refractivity contribution in [2.75, 3.05) is 13.2 Å². The number of hydrogen-bond donors (Lipinski definition) is 0. The maximum absolute atomic E-state index is 11.0. The minimum atomic E-state index is -0.490. The number of carbonyl (C=O) groups excluding carboxylic acids is 1. The van der Waals surface area contributed by atoms with Gasteiger partial charge in [-0.25, -0.2) is 0 Å². The van der Waals surface area contributed by atoms with Gasteiger partial charge in [0.2, 0.25) is 0 Å². The molecule has 1 atom stereocenters. The molecule has 0 radical (unpaired) electrons. The van der Waals surface area contributed by atoms with Crippen LogP contribution >= 0.6 is 0 Å². The van der Waals surface area contributed by atoms with E-state index in [1.54, 1.807) is 6.92 Å². The van der Waals surface area contributed by atoms with Crippen molar-refractivity contribution in [1.29, 1.82) is 0 Å². The van der Waals surface area contributed by atoms with Crippen LogP contribution < -0.4 is 0 Å². The molecule has 0 bridgehead atoms. The van der Waals surface area contributed by atoms with Gasteiger partial charge in [0.25, 0.3) is 0 Å². The van der Waals surface area contributed by atoms with Gasteiger partial charge >= 0.3 is 5.97 Å². The van der Waals surface area contributed by atoms with Crippen LogP contribution in [0.2, 0.25) is 0 Å². The molecule has 0 aromatic carbocycles. The van der Waals surface area contributed by atoms with E-state index in [1.165, 1.54) is 0 Å². The normalized spacial score (nSPS) is 23.8. The third-order valence-corrected chi connectivity index (χ3v) is 2.20. The Kier molecular flexibility index (Phi) is 4.96. The minimum absolute atomic E-state index is 0.00260. The fourth-order valence-electron chi connectivity index (χ4n) is 1.49. The van der Waals surface area contributed by atoms with Crippen LogP contribution in [0.5, 0.6) is 0 Å². The lowest BCUT2D eigenvalue weighted by molar-refractivity contribution is -0.143. The third kappa shape index (κ3) is 4.77. The summed E-state index contributed by atoms with van der Waals surface area (Å²) in [5, 5.41) is 0. The molecule has 1 aliphatic heterocycles. The average molecular weight is 228 g/mol. The van der Waals surface area contributed by atoms with Crippen LogP contribution in [0, 0.1) is 0 Å². The van der Waals surface area contributed by atoms with E-state index in [0.29, 0.717) is 26.1 Å². The Morgan fingerprint density at radius 3 is 2.88 bits per heavy atom. The molecule has 4 nitrogen and oxygen atoms in total. The second-order valence-corrected chi connectivity index (χ2v) is 4.14. The molecule has 0 saturated carbocycles. The summed E-state index contributed by atoms with van der Waals surface area (Å²) >= 11 is 0. The van der Waals surface area contributed by atoms with Crippen molar-refractivity contribution in [2.45, 2.75) is 45.5 Å². The molecule has 0 amide bonds. The molecule has 0 aliphatic carbocycles. The Morgan fingerprint density at radius 2 is 2.31 bits per heavy atom. The van der Waals surface area contributed by atoms with Crippen molar-refractivity contribution >= 4 is 5.97 Å². The summed E-state index contributed by atoms with van der Waals surface area (Å²) in [6, 6.07) is 0. The van der Waals surface area contributed by atoms with Gasteiger partial charge < -0.3 is 14.2 Å². The first-order valence-electron chi connectivity index (χ1n) is 5.67. The molecule has 0 unspecified atom stereocenters. The highest BCUT2D eigenvalue weighted by Crippen LogP contribution is 2.22. The summed E-state index contributed by atoms with van der Waals surface area (Å²) in [4.78, 5) is 11.0. The molecule has 0 aromatic rings. The zero-order chi connectivity index (χ0) is 12.0. The maximum Gasteiger partial charge on any atom is 0.306 e. The Hall–Kier alpha value is -0.870. The first-order valence-corrected chi connectivity index (χ1v) is 5.67. The highest BCUT2D eigenvalue weighted by Gasteiger charge is 2.30. The van der Waals surface area contributed by atoms with E-state index in [2.05, 4.69) is 0 Å². The zero-order valence-corrected chi connectivity index (χ0v) is 10.2. The van der Waals surface area contributed by atoms with Gasteiger partial charge in [-0.1, -0.05) is 12.2 Å². The number of hydrogen-bond acceptors (Lipinski definition) is 4. The molecule has 1 rings (SSSR count). The Balaban J connectivity index is 2.16. The average Bonchev–Trinajstić information content (AvgIpc) is 2.54. The molecule has 92 valence electrons. The highest BCUT2D eigenvalue weighted by molar-refractivity contribution is 5.69. The van der Waals surface area contributed by atoms with Crippen LogP contribution in [0.15, 0.2) is 12.2 Å². The molecular weight excluding hydrogens is 208 g/mol. The number of allylic oxidation sites excluding steroid dienone is 1. The van der Waals surface area contributed by atoms with Crippen molar-refractivity contribution in [1.82, 2.24) is 0 Å². The topological polar surface area (TPSA) is 44.8 Å². The largest absolute Gasteiger partial charge is 0.466 e. The zero-order valence-electron chi connectivity index (χ0n) is 10.2. The van der Waals surface area contributed by atoms with Crippen molar-refractivity contribution < 1.29 is 19.0 Å². The van der Waals surface area contributed by atoms with E-state index in [1.807, 2.05) is 26.0 Å². The van der Waals surface area contributed by atoms with Gasteiger partial charge in [-0.15, -0.1) is 0 Å². The fraction of sp³-hybridized carbons (Fsp3) is 0.750. The Labute approximate surface area is 96.6 Å². The smallest absolute Gasteiger partial charge is 0.306 e. The van der Waals surface area contributed by atoms with E-state index >= 15 is 0 Å². The minimum Gasteiger partial charge on any atom is -0.466 e. The van der Waals surface area contributed by atoms with E-state index < -0.39 is 5.79 Å². The number of carbonyl (C=O) groups is 1. The SMILES string of the molecule is CCOC(=O)CCC=C[C@H]1COC(C)(C)O1. The van der Waals surface area contributed by atoms with E-state index in [4.69, 9.17) is 14.2 Å². The summed E-state index contributed by atoms with van der Waals surface area (Å²) in [5.74, 6) is -0.646. The molecule has 4 heteroatoms. The van der Waals surface area contributed by atoms with Crippen LogP contribution in [-0.2, 0) is 19.0 Å². The Bertz CT molecular complexity index is 258. The monoisotopic (exact) mass is 228 g/mol. The molecule has 1 aliphatic rings. The number of ether oxygens (including phenoxy) is 3. The molecule has 1 fully saturated rings. The summed E-state index contributed by atoms with van der Waals surface area (Å²) in [6.45, 7) is 6.59. The predicted molar refractivity (Wildman–Crippen MR) is 59.9 cm³/mol. The van der Waals surface area contributed by atoms with Crippen LogP contribution in [0.25, 0.3) is 0 Å². The molecule has 0 spiro atoms. The maximum atomic E-state index is 11.0. The van der Waals surface area contributed by atoms with Crippen molar-refractivity contribution in [3.63, 3.8) is 0 Å². The second kappa shape index (κ2) is 6.01. The summed E-state index contributed by atoms with van der Waals surface area (Å²) in [7, 11) is 0. The lowest BCUT2D eigenvalue weighted by atomic mass is 10.2. The summed E-state index contributed by atoms with van der Waals surface area (Å²) in [5.41, 5.74) is 0. The van der Waals surface area contributed by atoms with Crippen molar-refractivity contribution in [2.24, 2.45) is 0 Å².